The van der Waals surface area contributed by atoms with Gasteiger partial charge >= 0.3 is 0 Å². The van der Waals surface area contributed by atoms with E-state index in [4.69, 9.17) is 0 Å². The molecule has 1 unspecified atom stereocenters. The highest BCUT2D eigenvalue weighted by atomic mass is 15.2. The molecule has 5 heteroatoms. The largest absolute Gasteiger partial charge is 0.339 e. The lowest BCUT2D eigenvalue weighted by Gasteiger charge is -2.18. The molecule has 3 aromatic heterocycles. The van der Waals surface area contributed by atoms with Gasteiger partial charge < -0.3 is 4.57 Å². The van der Waals surface area contributed by atoms with E-state index in [0.29, 0.717) is 29.7 Å². The van der Waals surface area contributed by atoms with Gasteiger partial charge in [-0.25, -0.2) is 9.13 Å². The maximum atomic E-state index is 2.55. The van der Waals surface area contributed by atoms with Gasteiger partial charge in [0.25, 0.3) is 11.6 Å². The van der Waals surface area contributed by atoms with Crippen LogP contribution in [0.1, 0.15) is 120 Å². The number of fused-ring (bicyclic) bond motifs is 3. The first-order chi connectivity index (χ1) is 27.9. The molecular weight excluding hydrogens is 707 g/mol. The molecule has 0 amide bonds. The molecule has 5 aromatic carbocycles. The Balaban J connectivity index is 0.000000164. The number of hydrogen-bond donors (Lipinski definition) is 0. The zero-order valence-electron chi connectivity index (χ0n) is 36.5. The molecule has 0 aliphatic carbocycles. The van der Waals surface area contributed by atoms with Crippen LogP contribution < -0.4 is 9.13 Å². The smallest absolute Gasteiger partial charge is 0.294 e. The van der Waals surface area contributed by atoms with E-state index < -0.39 is 0 Å². The predicted octanol–water partition coefficient (Wildman–Crippen LogP) is 12.9. The van der Waals surface area contributed by atoms with Crippen LogP contribution in [-0.4, -0.2) is 13.7 Å². The van der Waals surface area contributed by atoms with E-state index in [1.54, 1.807) is 0 Å². The van der Waals surface area contributed by atoms with Crippen LogP contribution in [0.15, 0.2) is 128 Å². The van der Waals surface area contributed by atoms with E-state index in [1.807, 2.05) is 0 Å². The van der Waals surface area contributed by atoms with Crippen LogP contribution in [0.2, 0.25) is 0 Å². The van der Waals surface area contributed by atoms with Crippen molar-refractivity contribution < 1.29 is 9.13 Å². The maximum absolute atomic E-state index is 2.55. The first-order valence-electron chi connectivity index (χ1n) is 21.4. The Morgan fingerprint density at radius 1 is 0.603 bits per heavy atom. The topological polar surface area (TPSA) is 22.5 Å². The monoisotopic (exact) mass is 767 g/mol. The third-order valence-electron chi connectivity index (χ3n) is 12.3. The summed E-state index contributed by atoms with van der Waals surface area (Å²) < 4.78 is 12.0. The van der Waals surface area contributed by atoms with Gasteiger partial charge in [0.05, 0.1) is 29.7 Å². The molecule has 1 atom stereocenters. The van der Waals surface area contributed by atoms with Gasteiger partial charge in [-0.3, -0.25) is 0 Å². The van der Waals surface area contributed by atoms with Gasteiger partial charge in [0.1, 0.15) is 36.2 Å². The quantitative estimate of drug-likeness (QED) is 0.137. The molecule has 0 saturated heterocycles. The molecule has 4 heterocycles. The second kappa shape index (κ2) is 15.6. The van der Waals surface area contributed by atoms with Gasteiger partial charge in [0.15, 0.2) is 0 Å². The van der Waals surface area contributed by atoms with Crippen molar-refractivity contribution in [1.29, 1.82) is 0 Å². The van der Waals surface area contributed by atoms with Crippen LogP contribution >= 0.6 is 0 Å². The number of rotatable bonds is 8. The molecule has 0 saturated carbocycles. The van der Waals surface area contributed by atoms with Gasteiger partial charge in [0, 0.05) is 51.0 Å². The number of nitrogens with zero attached hydrogens (tertiary/aromatic N) is 5. The molecule has 0 fully saturated rings. The van der Waals surface area contributed by atoms with Crippen molar-refractivity contribution in [2.45, 2.75) is 105 Å². The Morgan fingerprint density at radius 3 is 1.86 bits per heavy atom. The van der Waals surface area contributed by atoms with Crippen molar-refractivity contribution in [1.82, 2.24) is 13.7 Å². The van der Waals surface area contributed by atoms with E-state index in [2.05, 4.69) is 227 Å². The number of imidazole rings is 2. The van der Waals surface area contributed by atoms with Crippen LogP contribution in [-0.2, 0) is 13.6 Å². The molecule has 1 aliphatic rings. The molecule has 0 bridgehead atoms. The Hall–Kier alpha value is -5.68. The normalized spacial score (nSPS) is 13.8. The first kappa shape index (κ1) is 39.2. The fourth-order valence-electron chi connectivity index (χ4n) is 9.46. The highest BCUT2D eigenvalue weighted by Crippen LogP contribution is 2.47. The summed E-state index contributed by atoms with van der Waals surface area (Å²) in [5.41, 5.74) is 15.1. The van der Waals surface area contributed by atoms with Crippen molar-refractivity contribution in [3.05, 3.63) is 156 Å². The van der Waals surface area contributed by atoms with Gasteiger partial charge in [-0.15, -0.1) is 0 Å². The zero-order valence-corrected chi connectivity index (χ0v) is 36.5. The fourth-order valence-corrected chi connectivity index (χ4v) is 9.46. The predicted molar refractivity (Wildman–Crippen MR) is 243 cm³/mol. The van der Waals surface area contributed by atoms with Crippen LogP contribution in [0.4, 0.5) is 0 Å². The molecule has 296 valence electrons. The molecule has 1 aliphatic heterocycles. The van der Waals surface area contributed by atoms with E-state index in [9.17, 15) is 0 Å². The summed E-state index contributed by atoms with van der Waals surface area (Å²) >= 11 is 0. The molecule has 5 nitrogen and oxygen atoms in total. The molecule has 0 N–H and O–H groups in total. The summed E-state index contributed by atoms with van der Waals surface area (Å²) in [6.07, 6.45) is 8.89. The average Bonchev–Trinajstić information content (AvgIpc) is 3.98. The second-order valence-corrected chi connectivity index (χ2v) is 17.7. The van der Waals surface area contributed by atoms with Crippen molar-refractivity contribution in [2.24, 2.45) is 7.05 Å². The van der Waals surface area contributed by atoms with Gasteiger partial charge in [0.2, 0.25) is 0 Å². The Bertz CT molecular complexity index is 2730. The molecular formula is C53H61N5+2. The minimum atomic E-state index is 0.398. The SMILES string of the molecule is CC(C)c1cc2c3ccccc3n3c2c(c1-n1cc[n+](C)c1-c1ccccc1)C(C)C3.Cc1ccccc1-c1n(-c2c(C(C)C)cccc2C(C)C)cc[n+]1C(C)C. The Morgan fingerprint density at radius 2 is 1.21 bits per heavy atom. The van der Waals surface area contributed by atoms with E-state index in [0.717, 1.165) is 6.54 Å². The van der Waals surface area contributed by atoms with Crippen molar-refractivity contribution >= 4 is 21.8 Å². The zero-order chi connectivity index (χ0) is 41.0. The highest BCUT2D eigenvalue weighted by molar-refractivity contribution is 6.11. The molecule has 0 spiro atoms. The van der Waals surface area contributed by atoms with Crippen LogP contribution in [0, 0.1) is 6.92 Å². The average molecular weight is 768 g/mol. The van der Waals surface area contributed by atoms with Crippen LogP contribution in [0.5, 0.6) is 0 Å². The third kappa shape index (κ3) is 6.59. The number of hydrogen-bond acceptors (Lipinski definition) is 0. The van der Waals surface area contributed by atoms with Crippen molar-refractivity contribution in [3.8, 4) is 34.2 Å². The van der Waals surface area contributed by atoms with E-state index >= 15 is 0 Å². The lowest BCUT2D eigenvalue weighted by Crippen LogP contribution is -2.37. The molecule has 58 heavy (non-hydrogen) atoms. The first-order valence-corrected chi connectivity index (χ1v) is 21.4. The van der Waals surface area contributed by atoms with E-state index in [1.165, 1.54) is 83.8 Å². The molecule has 9 rings (SSSR count). The van der Waals surface area contributed by atoms with Crippen molar-refractivity contribution in [2.75, 3.05) is 0 Å². The Labute approximate surface area is 345 Å². The molecule has 8 aromatic rings. The second-order valence-electron chi connectivity index (χ2n) is 17.7. The fraction of sp³-hybridized carbons (Fsp3) is 0.321. The van der Waals surface area contributed by atoms with Crippen molar-refractivity contribution in [3.63, 3.8) is 0 Å². The lowest BCUT2D eigenvalue weighted by molar-refractivity contribution is -0.704. The summed E-state index contributed by atoms with van der Waals surface area (Å²) in [5.74, 6) is 4.34. The number of benzene rings is 5. The number of para-hydroxylation sites is 2. The summed E-state index contributed by atoms with van der Waals surface area (Å²) in [7, 11) is 2.14. The van der Waals surface area contributed by atoms with Gasteiger partial charge in [-0.1, -0.05) is 121 Å². The summed E-state index contributed by atoms with van der Waals surface area (Å²) in [5, 5.41) is 2.78. The van der Waals surface area contributed by atoms with Crippen LogP contribution in [0.3, 0.4) is 0 Å². The lowest BCUT2D eigenvalue weighted by atomic mass is 9.90. The summed E-state index contributed by atoms with van der Waals surface area (Å²) in [6.45, 7) is 23.9. The molecule has 0 radical (unpaired) electrons. The Kier molecular flexibility index (Phi) is 10.5. The maximum Gasteiger partial charge on any atom is 0.294 e. The van der Waals surface area contributed by atoms with E-state index in [-0.39, 0.29) is 0 Å². The van der Waals surface area contributed by atoms with Gasteiger partial charge in [-0.2, -0.15) is 9.13 Å². The minimum absolute atomic E-state index is 0.398. The number of aromatic nitrogens is 5. The summed E-state index contributed by atoms with van der Waals surface area (Å²) in [6, 6.07) is 38.0. The summed E-state index contributed by atoms with van der Waals surface area (Å²) in [4.78, 5) is 0. The van der Waals surface area contributed by atoms with Crippen LogP contribution in [0.25, 0.3) is 56.0 Å². The van der Waals surface area contributed by atoms with Gasteiger partial charge in [-0.05, 0) is 74.4 Å². The standard InChI is InChI=1S/C28H28N3.C25H33N2/c1-18(2)22-16-23-21-12-8-9-13-24(21)31-17-19(3)25(27(23)31)26(22)30-15-14-29(4)28(30)20-10-6-5-7-11-20;1-17(2)21-13-10-14-22(18(3)4)24(21)27-16-15-26(19(5)6)25(27)23-12-9-8-11-20(23)7/h5-16,18-19H,17H2,1-4H3;8-19H,1-7H3/q2*+1. The highest BCUT2D eigenvalue weighted by Gasteiger charge is 2.35. The minimum Gasteiger partial charge on any atom is -0.339 e. The number of aryl methyl sites for hydroxylation is 2. The third-order valence-corrected chi connectivity index (χ3v) is 12.3.